The fourth-order valence-corrected chi connectivity index (χ4v) is 3.73. The lowest BCUT2D eigenvalue weighted by Gasteiger charge is -2.26. The Morgan fingerprint density at radius 3 is 2.54 bits per heavy atom. The molecule has 1 aliphatic rings. The lowest BCUT2D eigenvalue weighted by atomic mass is 10.1. The number of hydrogen-bond acceptors (Lipinski definition) is 3. The number of piperidine rings is 1. The molecule has 0 saturated carbocycles. The van der Waals surface area contributed by atoms with Crippen LogP contribution in [0.5, 0.6) is 0 Å². The number of hydrogen-bond donors (Lipinski definition) is 1. The molecule has 0 unspecified atom stereocenters. The minimum Gasteiger partial charge on any atom is -0.348 e. The van der Waals surface area contributed by atoms with E-state index >= 15 is 0 Å². The van der Waals surface area contributed by atoms with Gasteiger partial charge in [0.15, 0.2) is 0 Å². The molecular formula is C23H26N4O. The van der Waals surface area contributed by atoms with Crippen LogP contribution in [0, 0.1) is 0 Å². The van der Waals surface area contributed by atoms with Gasteiger partial charge < -0.3 is 9.88 Å². The highest BCUT2D eigenvalue weighted by molar-refractivity contribution is 5.94. The predicted octanol–water partition coefficient (Wildman–Crippen LogP) is 3.79. The Kier molecular flexibility index (Phi) is 5.83. The van der Waals surface area contributed by atoms with Gasteiger partial charge in [0, 0.05) is 31.0 Å². The molecule has 2 aromatic carbocycles. The number of amides is 1. The summed E-state index contributed by atoms with van der Waals surface area (Å²) in [4.78, 5) is 19.2. The third kappa shape index (κ3) is 4.49. The number of para-hydroxylation sites is 1. The van der Waals surface area contributed by atoms with E-state index in [0.29, 0.717) is 12.1 Å². The summed E-state index contributed by atoms with van der Waals surface area (Å²) in [7, 11) is 0. The van der Waals surface area contributed by atoms with Gasteiger partial charge in [-0.1, -0.05) is 36.8 Å². The van der Waals surface area contributed by atoms with E-state index in [9.17, 15) is 4.79 Å². The molecule has 1 aliphatic heterocycles. The minimum absolute atomic E-state index is 0.0510. The van der Waals surface area contributed by atoms with Crippen molar-refractivity contribution in [1.82, 2.24) is 19.8 Å². The number of rotatable bonds is 6. The van der Waals surface area contributed by atoms with Crippen LogP contribution < -0.4 is 5.32 Å². The summed E-state index contributed by atoms with van der Waals surface area (Å²) in [5, 5.41) is 3.04. The topological polar surface area (TPSA) is 50.2 Å². The first-order chi connectivity index (χ1) is 13.8. The van der Waals surface area contributed by atoms with E-state index in [0.717, 1.165) is 17.8 Å². The third-order valence-electron chi connectivity index (χ3n) is 5.28. The van der Waals surface area contributed by atoms with Gasteiger partial charge in [0.2, 0.25) is 0 Å². The molecule has 1 fully saturated rings. The second-order valence-electron chi connectivity index (χ2n) is 7.32. The summed E-state index contributed by atoms with van der Waals surface area (Å²) in [6.45, 7) is 3.81. The van der Waals surface area contributed by atoms with Crippen LogP contribution >= 0.6 is 0 Å². The summed E-state index contributed by atoms with van der Waals surface area (Å²) in [6, 6.07) is 16.0. The molecule has 144 valence electrons. The first kappa shape index (κ1) is 18.4. The Labute approximate surface area is 166 Å². The van der Waals surface area contributed by atoms with Crippen LogP contribution in [0.25, 0.3) is 5.69 Å². The number of aromatic nitrogens is 2. The first-order valence-corrected chi connectivity index (χ1v) is 9.95. The van der Waals surface area contributed by atoms with Crippen LogP contribution in [0.2, 0.25) is 0 Å². The van der Waals surface area contributed by atoms with Gasteiger partial charge >= 0.3 is 0 Å². The Morgan fingerprint density at radius 2 is 1.79 bits per heavy atom. The standard InChI is InChI=1S/C23H26N4O/c28-23(20-10-8-19(9-11-20)17-26-13-4-1-5-14-26)25-16-21-6-2-3-7-22(21)27-15-12-24-18-27/h2-3,6-12,15,18H,1,4-5,13-14,16-17H2,(H,25,28). The second-order valence-corrected chi connectivity index (χ2v) is 7.32. The van der Waals surface area contributed by atoms with Gasteiger partial charge in [-0.05, 0) is 55.3 Å². The highest BCUT2D eigenvalue weighted by Gasteiger charge is 2.12. The van der Waals surface area contributed by atoms with Crippen molar-refractivity contribution in [3.8, 4) is 5.69 Å². The molecule has 0 spiro atoms. The van der Waals surface area contributed by atoms with E-state index in [4.69, 9.17) is 0 Å². The number of nitrogens with one attached hydrogen (secondary N) is 1. The van der Waals surface area contributed by atoms with Crippen molar-refractivity contribution >= 4 is 5.91 Å². The molecule has 1 saturated heterocycles. The monoisotopic (exact) mass is 374 g/mol. The molecular weight excluding hydrogens is 348 g/mol. The van der Waals surface area contributed by atoms with Crippen LogP contribution in [0.4, 0.5) is 0 Å². The van der Waals surface area contributed by atoms with Crippen molar-refractivity contribution in [2.24, 2.45) is 0 Å². The van der Waals surface area contributed by atoms with Gasteiger partial charge in [0.25, 0.3) is 5.91 Å². The van der Waals surface area contributed by atoms with Crippen molar-refractivity contribution in [1.29, 1.82) is 0 Å². The zero-order chi connectivity index (χ0) is 19.2. The van der Waals surface area contributed by atoms with Gasteiger partial charge in [-0.2, -0.15) is 0 Å². The van der Waals surface area contributed by atoms with Crippen LogP contribution in [-0.4, -0.2) is 33.4 Å². The van der Waals surface area contributed by atoms with Crippen LogP contribution in [0.15, 0.2) is 67.3 Å². The molecule has 1 N–H and O–H groups in total. The zero-order valence-corrected chi connectivity index (χ0v) is 16.1. The molecule has 28 heavy (non-hydrogen) atoms. The van der Waals surface area contributed by atoms with Crippen molar-refractivity contribution < 1.29 is 4.79 Å². The summed E-state index contributed by atoms with van der Waals surface area (Å²) in [5.74, 6) is -0.0510. The maximum absolute atomic E-state index is 12.6. The predicted molar refractivity (Wildman–Crippen MR) is 110 cm³/mol. The van der Waals surface area contributed by atoms with Crippen LogP contribution in [0.3, 0.4) is 0 Å². The summed E-state index contributed by atoms with van der Waals surface area (Å²) in [6.07, 6.45) is 9.35. The summed E-state index contributed by atoms with van der Waals surface area (Å²) >= 11 is 0. The number of imidazole rings is 1. The lowest BCUT2D eigenvalue weighted by Crippen LogP contribution is -2.29. The zero-order valence-electron chi connectivity index (χ0n) is 16.1. The maximum Gasteiger partial charge on any atom is 0.251 e. The molecule has 4 rings (SSSR count). The number of carbonyl (C=O) groups excluding carboxylic acids is 1. The summed E-state index contributed by atoms with van der Waals surface area (Å²) < 4.78 is 1.96. The molecule has 5 heteroatoms. The third-order valence-corrected chi connectivity index (χ3v) is 5.28. The Balaban J connectivity index is 1.37. The highest BCUT2D eigenvalue weighted by Crippen LogP contribution is 2.15. The lowest BCUT2D eigenvalue weighted by molar-refractivity contribution is 0.0951. The maximum atomic E-state index is 12.6. The van der Waals surface area contributed by atoms with Crippen molar-refractivity contribution in [3.63, 3.8) is 0 Å². The SMILES string of the molecule is O=C(NCc1ccccc1-n1ccnc1)c1ccc(CN2CCCCC2)cc1. The van der Waals surface area contributed by atoms with Crippen LogP contribution in [0.1, 0.15) is 40.7 Å². The van der Waals surface area contributed by atoms with E-state index in [-0.39, 0.29) is 5.91 Å². The van der Waals surface area contributed by atoms with Crippen molar-refractivity contribution in [3.05, 3.63) is 83.9 Å². The van der Waals surface area contributed by atoms with E-state index in [1.165, 1.54) is 37.9 Å². The van der Waals surface area contributed by atoms with E-state index in [1.807, 2.05) is 47.2 Å². The molecule has 2 heterocycles. The molecule has 5 nitrogen and oxygen atoms in total. The molecule has 0 bridgehead atoms. The molecule has 0 atom stereocenters. The van der Waals surface area contributed by atoms with Gasteiger partial charge in [-0.15, -0.1) is 0 Å². The van der Waals surface area contributed by atoms with Crippen LogP contribution in [-0.2, 0) is 13.1 Å². The molecule has 1 aromatic heterocycles. The smallest absolute Gasteiger partial charge is 0.251 e. The molecule has 1 amide bonds. The minimum atomic E-state index is -0.0510. The number of benzene rings is 2. The van der Waals surface area contributed by atoms with Gasteiger partial charge in [0.05, 0.1) is 12.0 Å². The van der Waals surface area contributed by atoms with Crippen molar-refractivity contribution in [2.45, 2.75) is 32.4 Å². The van der Waals surface area contributed by atoms with E-state index in [2.05, 4.69) is 27.3 Å². The quantitative estimate of drug-likeness (QED) is 0.714. The highest BCUT2D eigenvalue weighted by atomic mass is 16.1. The van der Waals surface area contributed by atoms with E-state index < -0.39 is 0 Å². The van der Waals surface area contributed by atoms with E-state index in [1.54, 1.807) is 12.5 Å². The fourth-order valence-electron chi connectivity index (χ4n) is 3.73. The Morgan fingerprint density at radius 1 is 1.00 bits per heavy atom. The number of nitrogens with zero attached hydrogens (tertiary/aromatic N) is 3. The van der Waals surface area contributed by atoms with Crippen molar-refractivity contribution in [2.75, 3.05) is 13.1 Å². The largest absolute Gasteiger partial charge is 0.348 e. The summed E-state index contributed by atoms with van der Waals surface area (Å²) in [5.41, 5.74) is 4.04. The second kappa shape index (κ2) is 8.85. The average Bonchev–Trinajstić information content (AvgIpc) is 3.28. The van der Waals surface area contributed by atoms with Gasteiger partial charge in [-0.25, -0.2) is 4.98 Å². The fraction of sp³-hybridized carbons (Fsp3) is 0.304. The average molecular weight is 374 g/mol. The van der Waals surface area contributed by atoms with Gasteiger partial charge in [-0.3, -0.25) is 9.69 Å². The van der Waals surface area contributed by atoms with Gasteiger partial charge in [0.1, 0.15) is 0 Å². The molecule has 0 aliphatic carbocycles. The molecule has 0 radical (unpaired) electrons. The first-order valence-electron chi connectivity index (χ1n) is 9.95. The number of carbonyl (C=O) groups is 1. The Bertz CT molecular complexity index is 897. The molecule has 3 aromatic rings. The number of likely N-dealkylation sites (tertiary alicyclic amines) is 1. The normalized spacial score (nSPS) is 14.7. The Hall–Kier alpha value is -2.92.